The number of nitrogens with one attached hydrogen (secondary N) is 1. The van der Waals surface area contributed by atoms with E-state index in [-0.39, 0.29) is 18.2 Å². The molecule has 1 fully saturated rings. The van der Waals surface area contributed by atoms with Crippen molar-refractivity contribution < 1.29 is 23.9 Å². The Bertz CT molecular complexity index is 605. The lowest BCUT2D eigenvalue weighted by atomic mass is 10.1. The van der Waals surface area contributed by atoms with Crippen LogP contribution in [0.25, 0.3) is 0 Å². The Hall–Kier alpha value is -2.64. The second kappa shape index (κ2) is 5.78. The van der Waals surface area contributed by atoms with Gasteiger partial charge in [0.15, 0.2) is 0 Å². The molecule has 0 spiro atoms. The lowest BCUT2D eigenvalue weighted by Crippen LogP contribution is -2.34. The smallest absolute Gasteiger partial charge is 0.338 e. The van der Waals surface area contributed by atoms with Crippen LogP contribution >= 0.6 is 0 Å². The molecule has 1 aromatic rings. The van der Waals surface area contributed by atoms with Crippen LogP contribution in [-0.2, 0) is 4.79 Å². The molecule has 0 aliphatic carbocycles. The summed E-state index contributed by atoms with van der Waals surface area (Å²) in [4.78, 5) is 35.1. The van der Waals surface area contributed by atoms with Gasteiger partial charge in [-0.05, 0) is 24.6 Å². The third-order valence-corrected chi connectivity index (χ3v) is 3.33. The molecule has 1 aliphatic rings. The average molecular weight is 295 g/mol. The first-order valence-electron chi connectivity index (χ1n) is 6.26. The zero-order valence-corrected chi connectivity index (χ0v) is 11.0. The number of aromatic carboxylic acids is 1. The molecule has 1 heterocycles. The van der Waals surface area contributed by atoms with Gasteiger partial charge in [0.1, 0.15) is 5.82 Å². The number of primary amides is 1. The fourth-order valence-electron chi connectivity index (χ4n) is 2.15. The number of carbonyl (C=O) groups excluding carboxylic acids is 2. The van der Waals surface area contributed by atoms with Gasteiger partial charge in [0, 0.05) is 18.8 Å². The van der Waals surface area contributed by atoms with Gasteiger partial charge in [0.2, 0.25) is 5.91 Å². The number of nitrogens with two attached hydrogens (primary N) is 1. The van der Waals surface area contributed by atoms with E-state index < -0.39 is 29.3 Å². The zero-order valence-electron chi connectivity index (χ0n) is 11.0. The van der Waals surface area contributed by atoms with Crippen LogP contribution in [0.1, 0.15) is 16.8 Å². The second-order valence-corrected chi connectivity index (χ2v) is 4.76. The monoisotopic (exact) mass is 295 g/mol. The first-order chi connectivity index (χ1) is 9.88. The molecule has 21 heavy (non-hydrogen) atoms. The van der Waals surface area contributed by atoms with E-state index in [2.05, 4.69) is 5.32 Å². The lowest BCUT2D eigenvalue weighted by Gasteiger charge is -2.17. The molecule has 1 aromatic carbocycles. The van der Waals surface area contributed by atoms with Crippen molar-refractivity contribution in [2.24, 2.45) is 11.7 Å². The number of nitrogens with zero attached hydrogens (tertiary/aromatic N) is 1. The highest BCUT2D eigenvalue weighted by atomic mass is 19.1. The van der Waals surface area contributed by atoms with E-state index in [0.29, 0.717) is 13.0 Å². The van der Waals surface area contributed by atoms with Crippen molar-refractivity contribution in [3.05, 3.63) is 29.6 Å². The average Bonchev–Trinajstić information content (AvgIpc) is 2.88. The number of amides is 3. The maximum Gasteiger partial charge on any atom is 0.338 e. The van der Waals surface area contributed by atoms with Crippen molar-refractivity contribution in [2.75, 3.05) is 18.4 Å². The van der Waals surface area contributed by atoms with Gasteiger partial charge in [-0.25, -0.2) is 14.0 Å². The summed E-state index contributed by atoms with van der Waals surface area (Å²) in [6.07, 6.45) is 0.495. The molecule has 0 radical (unpaired) electrons. The van der Waals surface area contributed by atoms with Crippen LogP contribution in [0.3, 0.4) is 0 Å². The Labute approximate surface area is 119 Å². The predicted molar refractivity (Wildman–Crippen MR) is 71.3 cm³/mol. The van der Waals surface area contributed by atoms with Crippen LogP contribution in [0.5, 0.6) is 0 Å². The summed E-state index contributed by atoms with van der Waals surface area (Å²) in [6, 6.07) is 2.82. The number of hydrogen-bond donors (Lipinski definition) is 3. The highest BCUT2D eigenvalue weighted by molar-refractivity contribution is 5.92. The molecule has 112 valence electrons. The van der Waals surface area contributed by atoms with E-state index in [9.17, 15) is 18.8 Å². The molecule has 1 unspecified atom stereocenters. The summed E-state index contributed by atoms with van der Waals surface area (Å²) >= 11 is 0. The Balaban J connectivity index is 2.02. The number of carbonyl (C=O) groups is 3. The number of urea groups is 1. The van der Waals surface area contributed by atoms with Crippen molar-refractivity contribution in [3.8, 4) is 0 Å². The van der Waals surface area contributed by atoms with Gasteiger partial charge in [0.25, 0.3) is 0 Å². The van der Waals surface area contributed by atoms with E-state index in [1.807, 2.05) is 0 Å². The van der Waals surface area contributed by atoms with Crippen molar-refractivity contribution in [2.45, 2.75) is 6.42 Å². The quantitative estimate of drug-likeness (QED) is 0.767. The zero-order chi connectivity index (χ0) is 15.6. The van der Waals surface area contributed by atoms with Gasteiger partial charge in [-0.3, -0.25) is 4.79 Å². The molecule has 7 nitrogen and oxygen atoms in total. The Morgan fingerprint density at radius 2 is 2.10 bits per heavy atom. The summed E-state index contributed by atoms with van der Waals surface area (Å²) in [5, 5.41) is 11.2. The number of benzene rings is 1. The van der Waals surface area contributed by atoms with E-state index in [0.717, 1.165) is 12.1 Å². The Morgan fingerprint density at radius 1 is 1.38 bits per heavy atom. The molecule has 4 N–H and O–H groups in total. The largest absolute Gasteiger partial charge is 0.478 e. The second-order valence-electron chi connectivity index (χ2n) is 4.76. The summed E-state index contributed by atoms with van der Waals surface area (Å²) in [7, 11) is 0. The first kappa shape index (κ1) is 14.8. The number of likely N-dealkylation sites (tertiary alicyclic amines) is 1. The Kier molecular flexibility index (Phi) is 4.06. The molecular weight excluding hydrogens is 281 g/mol. The van der Waals surface area contributed by atoms with Gasteiger partial charge in [-0.2, -0.15) is 0 Å². The van der Waals surface area contributed by atoms with E-state index in [4.69, 9.17) is 10.8 Å². The van der Waals surface area contributed by atoms with Crippen LogP contribution in [0, 0.1) is 11.7 Å². The number of anilines is 1. The highest BCUT2D eigenvalue weighted by Gasteiger charge is 2.29. The first-order valence-corrected chi connectivity index (χ1v) is 6.26. The minimum absolute atomic E-state index is 0.144. The van der Waals surface area contributed by atoms with Gasteiger partial charge >= 0.3 is 12.0 Å². The maximum atomic E-state index is 13.5. The normalized spacial score (nSPS) is 17.6. The lowest BCUT2D eigenvalue weighted by molar-refractivity contribution is -0.121. The number of carboxylic acids is 1. The fourth-order valence-corrected chi connectivity index (χ4v) is 2.15. The molecule has 3 amide bonds. The molecule has 1 atom stereocenters. The summed E-state index contributed by atoms with van der Waals surface area (Å²) < 4.78 is 13.5. The SMILES string of the molecule is NC(=O)C1CCN(C(=O)Nc2ccc(C(=O)O)c(F)c2)C1. The highest BCUT2D eigenvalue weighted by Crippen LogP contribution is 2.19. The molecule has 1 aliphatic heterocycles. The van der Waals surface area contributed by atoms with Crippen LogP contribution < -0.4 is 11.1 Å². The minimum Gasteiger partial charge on any atom is -0.478 e. The van der Waals surface area contributed by atoms with Crippen molar-refractivity contribution in [1.82, 2.24) is 4.90 Å². The third-order valence-electron chi connectivity index (χ3n) is 3.33. The van der Waals surface area contributed by atoms with Gasteiger partial charge in [0.05, 0.1) is 11.5 Å². The van der Waals surface area contributed by atoms with Crippen molar-refractivity contribution in [1.29, 1.82) is 0 Å². The Morgan fingerprint density at radius 3 is 2.62 bits per heavy atom. The summed E-state index contributed by atoms with van der Waals surface area (Å²) in [6.45, 7) is 0.603. The molecule has 2 rings (SSSR count). The topological polar surface area (TPSA) is 113 Å². The van der Waals surface area contributed by atoms with Crippen molar-refractivity contribution in [3.63, 3.8) is 0 Å². The molecule has 8 heteroatoms. The van der Waals surface area contributed by atoms with E-state index in [1.54, 1.807) is 0 Å². The number of hydrogen-bond acceptors (Lipinski definition) is 3. The molecule has 1 saturated heterocycles. The fraction of sp³-hybridized carbons (Fsp3) is 0.308. The predicted octanol–water partition coefficient (Wildman–Crippen LogP) is 0.863. The van der Waals surface area contributed by atoms with Crippen LogP contribution in [0.2, 0.25) is 0 Å². The van der Waals surface area contributed by atoms with Crippen molar-refractivity contribution >= 4 is 23.6 Å². The van der Waals surface area contributed by atoms with Gasteiger partial charge < -0.3 is 21.1 Å². The molecular formula is C13H14FN3O4. The van der Waals surface area contributed by atoms with E-state index in [1.165, 1.54) is 11.0 Å². The van der Waals surface area contributed by atoms with Crippen LogP contribution in [0.4, 0.5) is 14.9 Å². The molecule has 0 aromatic heterocycles. The summed E-state index contributed by atoms with van der Waals surface area (Å²) in [5.41, 5.74) is 4.85. The number of rotatable bonds is 3. The number of halogens is 1. The van der Waals surface area contributed by atoms with Gasteiger partial charge in [-0.15, -0.1) is 0 Å². The van der Waals surface area contributed by atoms with Crippen LogP contribution in [0.15, 0.2) is 18.2 Å². The van der Waals surface area contributed by atoms with E-state index >= 15 is 0 Å². The summed E-state index contributed by atoms with van der Waals surface area (Å²) in [5.74, 6) is -3.14. The molecule has 0 saturated carbocycles. The standard InChI is InChI=1S/C13H14FN3O4/c14-10-5-8(1-2-9(10)12(19)20)16-13(21)17-4-3-7(6-17)11(15)18/h1-2,5,7H,3-4,6H2,(H2,15,18)(H,16,21)(H,19,20). The third kappa shape index (κ3) is 3.28. The number of carboxylic acid groups (broad SMARTS) is 1. The van der Waals surface area contributed by atoms with Crippen LogP contribution in [-0.4, -0.2) is 41.0 Å². The molecule has 0 bridgehead atoms. The van der Waals surface area contributed by atoms with Gasteiger partial charge in [-0.1, -0.05) is 0 Å². The minimum atomic E-state index is -1.38. The maximum absolute atomic E-state index is 13.5.